The van der Waals surface area contributed by atoms with Gasteiger partial charge in [-0.05, 0) is 37.0 Å². The molecule has 0 saturated carbocycles. The Hall–Kier alpha value is -3.04. The molecule has 1 saturated heterocycles. The van der Waals surface area contributed by atoms with Crippen molar-refractivity contribution in [1.82, 2.24) is 34.6 Å². The fourth-order valence-corrected chi connectivity index (χ4v) is 4.51. The molecule has 0 spiro atoms. The van der Waals surface area contributed by atoms with Crippen LogP contribution in [0.25, 0.3) is 27.9 Å². The normalized spacial score (nSPS) is 17.2. The van der Waals surface area contributed by atoms with Crippen molar-refractivity contribution in [3.05, 3.63) is 47.3 Å². The standard InChI is InChI=1S/C20H21N7OS/c1-25-4-3-16(11-25)24-20(28)18-5-13(12-29-18)17-8-23-27-10-14(6-21-19(17)27)15-7-22-26(2)9-15/h5-10,12,16H,3-4,11H2,1-2H3,(H,24,28)/t16-/m0/s1. The number of fused-ring (bicyclic) bond motifs is 1. The Bertz CT molecular complexity index is 1190. The number of likely N-dealkylation sites (tertiary alicyclic amines) is 1. The summed E-state index contributed by atoms with van der Waals surface area (Å²) in [7, 11) is 3.96. The van der Waals surface area contributed by atoms with Gasteiger partial charge in [-0.2, -0.15) is 10.2 Å². The lowest BCUT2D eigenvalue weighted by Gasteiger charge is -2.11. The third kappa shape index (κ3) is 3.43. The third-order valence-electron chi connectivity index (χ3n) is 5.26. The molecule has 0 aromatic carbocycles. The van der Waals surface area contributed by atoms with E-state index >= 15 is 0 Å². The van der Waals surface area contributed by atoms with E-state index in [-0.39, 0.29) is 11.9 Å². The molecule has 1 aliphatic heterocycles. The number of carbonyl (C=O) groups is 1. The van der Waals surface area contributed by atoms with Gasteiger partial charge in [-0.1, -0.05) is 0 Å². The van der Waals surface area contributed by atoms with E-state index in [1.807, 2.05) is 37.1 Å². The Kier molecular flexibility index (Phi) is 4.40. The van der Waals surface area contributed by atoms with Gasteiger partial charge < -0.3 is 10.2 Å². The van der Waals surface area contributed by atoms with Crippen molar-refractivity contribution in [2.75, 3.05) is 20.1 Å². The molecule has 4 aromatic rings. The third-order valence-corrected chi connectivity index (χ3v) is 6.18. The molecular formula is C20H21N7OS. The van der Waals surface area contributed by atoms with Crippen LogP contribution in [0, 0.1) is 0 Å². The second-order valence-corrected chi connectivity index (χ2v) is 8.40. The highest BCUT2D eigenvalue weighted by Gasteiger charge is 2.22. The van der Waals surface area contributed by atoms with Gasteiger partial charge in [-0.25, -0.2) is 9.50 Å². The van der Waals surface area contributed by atoms with E-state index in [0.29, 0.717) is 4.88 Å². The first kappa shape index (κ1) is 18.0. The fraction of sp³-hybridized carbons (Fsp3) is 0.300. The highest BCUT2D eigenvalue weighted by molar-refractivity contribution is 7.12. The fourth-order valence-electron chi connectivity index (χ4n) is 3.70. The molecule has 148 valence electrons. The number of rotatable bonds is 4. The quantitative estimate of drug-likeness (QED) is 0.561. The number of hydrogen-bond acceptors (Lipinski definition) is 6. The van der Waals surface area contributed by atoms with Crippen LogP contribution in [-0.4, -0.2) is 61.4 Å². The molecule has 0 radical (unpaired) electrons. The number of thiophene rings is 1. The predicted molar refractivity (Wildman–Crippen MR) is 112 cm³/mol. The largest absolute Gasteiger partial charge is 0.347 e. The first-order valence-electron chi connectivity index (χ1n) is 9.47. The summed E-state index contributed by atoms with van der Waals surface area (Å²) in [6.45, 7) is 1.93. The van der Waals surface area contributed by atoms with Crippen molar-refractivity contribution in [2.24, 2.45) is 7.05 Å². The van der Waals surface area contributed by atoms with Gasteiger partial charge in [0, 0.05) is 54.9 Å². The van der Waals surface area contributed by atoms with Crippen molar-refractivity contribution in [1.29, 1.82) is 0 Å². The van der Waals surface area contributed by atoms with Crippen LogP contribution in [-0.2, 0) is 7.05 Å². The molecule has 8 nitrogen and oxygen atoms in total. The van der Waals surface area contributed by atoms with Crippen molar-refractivity contribution in [3.8, 4) is 22.3 Å². The Labute approximate surface area is 171 Å². The summed E-state index contributed by atoms with van der Waals surface area (Å²) < 4.78 is 3.53. The Morgan fingerprint density at radius 1 is 1.14 bits per heavy atom. The molecule has 5 heterocycles. The van der Waals surface area contributed by atoms with Gasteiger partial charge >= 0.3 is 0 Å². The maximum absolute atomic E-state index is 12.6. The van der Waals surface area contributed by atoms with E-state index in [1.54, 1.807) is 21.6 Å². The molecule has 1 aliphatic rings. The maximum Gasteiger partial charge on any atom is 0.261 e. The summed E-state index contributed by atoms with van der Waals surface area (Å²) in [6, 6.07) is 2.15. The van der Waals surface area contributed by atoms with Gasteiger partial charge in [0.25, 0.3) is 5.91 Å². The van der Waals surface area contributed by atoms with Gasteiger partial charge in [0.2, 0.25) is 0 Å². The van der Waals surface area contributed by atoms with E-state index in [0.717, 1.165) is 47.4 Å². The Balaban J connectivity index is 1.39. The molecule has 9 heteroatoms. The van der Waals surface area contributed by atoms with Crippen molar-refractivity contribution < 1.29 is 4.79 Å². The molecule has 1 N–H and O–H groups in total. The van der Waals surface area contributed by atoms with E-state index in [9.17, 15) is 4.79 Å². The molecule has 4 aromatic heterocycles. The summed E-state index contributed by atoms with van der Waals surface area (Å²) in [5.41, 5.74) is 4.58. The molecule has 29 heavy (non-hydrogen) atoms. The number of likely N-dealkylation sites (N-methyl/N-ethyl adjacent to an activating group) is 1. The summed E-state index contributed by atoms with van der Waals surface area (Å²) >= 11 is 1.45. The second kappa shape index (κ2) is 7.09. The van der Waals surface area contributed by atoms with Gasteiger partial charge in [0.05, 0.1) is 17.3 Å². The number of nitrogens with zero attached hydrogens (tertiary/aromatic N) is 6. The monoisotopic (exact) mass is 407 g/mol. The topological polar surface area (TPSA) is 80.4 Å². The number of hydrogen-bond donors (Lipinski definition) is 1. The number of aryl methyl sites for hydroxylation is 1. The Morgan fingerprint density at radius 2 is 2.00 bits per heavy atom. The van der Waals surface area contributed by atoms with Crippen molar-refractivity contribution >= 4 is 22.9 Å². The molecule has 0 aliphatic carbocycles. The van der Waals surface area contributed by atoms with Crippen LogP contribution in [0.1, 0.15) is 16.1 Å². The molecule has 1 fully saturated rings. The van der Waals surface area contributed by atoms with Gasteiger partial charge in [-0.15, -0.1) is 11.3 Å². The molecule has 1 amide bonds. The average molecular weight is 408 g/mol. The molecule has 5 rings (SSSR count). The lowest BCUT2D eigenvalue weighted by molar-refractivity contribution is 0.0942. The zero-order valence-corrected chi connectivity index (χ0v) is 17.1. The van der Waals surface area contributed by atoms with E-state index in [4.69, 9.17) is 0 Å². The molecular weight excluding hydrogens is 386 g/mol. The van der Waals surface area contributed by atoms with Gasteiger partial charge in [0.15, 0.2) is 5.65 Å². The van der Waals surface area contributed by atoms with Gasteiger partial charge in [-0.3, -0.25) is 9.48 Å². The van der Waals surface area contributed by atoms with Gasteiger partial charge in [0.1, 0.15) is 0 Å². The molecule has 0 unspecified atom stereocenters. The summed E-state index contributed by atoms with van der Waals surface area (Å²) in [6.07, 6.45) is 10.3. The van der Waals surface area contributed by atoms with Crippen LogP contribution < -0.4 is 5.32 Å². The number of amides is 1. The SMILES string of the molecule is CN1CC[C@H](NC(=O)c2cc(-c3cnn4cc(-c5cnn(C)c5)cnc34)cs2)C1. The average Bonchev–Trinajstić information content (AvgIpc) is 3.47. The lowest BCUT2D eigenvalue weighted by atomic mass is 10.1. The highest BCUT2D eigenvalue weighted by Crippen LogP contribution is 2.29. The van der Waals surface area contributed by atoms with Crippen LogP contribution in [0.15, 0.2) is 42.4 Å². The minimum Gasteiger partial charge on any atom is -0.347 e. The minimum atomic E-state index is -0.00940. The van der Waals surface area contributed by atoms with E-state index < -0.39 is 0 Å². The predicted octanol–water partition coefficient (Wildman–Crippen LogP) is 2.29. The smallest absolute Gasteiger partial charge is 0.261 e. The van der Waals surface area contributed by atoms with Crippen molar-refractivity contribution in [2.45, 2.75) is 12.5 Å². The first-order chi connectivity index (χ1) is 14.1. The molecule has 1 atom stereocenters. The molecule has 0 bridgehead atoms. The first-order valence-corrected chi connectivity index (χ1v) is 10.4. The lowest BCUT2D eigenvalue weighted by Crippen LogP contribution is -2.36. The number of aromatic nitrogens is 5. The number of carbonyl (C=O) groups excluding carboxylic acids is 1. The van der Waals surface area contributed by atoms with Crippen molar-refractivity contribution in [3.63, 3.8) is 0 Å². The Morgan fingerprint density at radius 3 is 2.76 bits per heavy atom. The van der Waals surface area contributed by atoms with Crippen LogP contribution in [0.2, 0.25) is 0 Å². The summed E-state index contributed by atoms with van der Waals surface area (Å²) in [5.74, 6) is -0.00940. The van der Waals surface area contributed by atoms with Crippen LogP contribution >= 0.6 is 11.3 Å². The zero-order chi connectivity index (χ0) is 20.0. The minimum absolute atomic E-state index is 0.00940. The zero-order valence-electron chi connectivity index (χ0n) is 16.2. The highest BCUT2D eigenvalue weighted by atomic mass is 32.1. The second-order valence-electron chi connectivity index (χ2n) is 7.49. The number of nitrogens with one attached hydrogen (secondary N) is 1. The van der Waals surface area contributed by atoms with Crippen LogP contribution in [0.4, 0.5) is 0 Å². The van der Waals surface area contributed by atoms with Crippen LogP contribution in [0.3, 0.4) is 0 Å². The van der Waals surface area contributed by atoms with E-state index in [2.05, 4.69) is 32.4 Å². The summed E-state index contributed by atoms with van der Waals surface area (Å²) in [5, 5.41) is 13.8. The van der Waals surface area contributed by atoms with Crippen LogP contribution in [0.5, 0.6) is 0 Å². The van der Waals surface area contributed by atoms with E-state index in [1.165, 1.54) is 11.3 Å². The maximum atomic E-state index is 12.6. The summed E-state index contributed by atoms with van der Waals surface area (Å²) in [4.78, 5) is 20.1.